The van der Waals surface area contributed by atoms with Crippen LogP contribution in [0.15, 0.2) is 66.0 Å². The summed E-state index contributed by atoms with van der Waals surface area (Å²) in [5.74, 6) is -0.135. The molecule has 0 aliphatic carbocycles. The van der Waals surface area contributed by atoms with Gasteiger partial charge in [0.05, 0.1) is 12.5 Å². The highest BCUT2D eigenvalue weighted by molar-refractivity contribution is 7.10. The zero-order chi connectivity index (χ0) is 25.1. The first-order valence-electron chi connectivity index (χ1n) is 12.7. The van der Waals surface area contributed by atoms with Gasteiger partial charge in [-0.15, -0.1) is 11.3 Å². The number of rotatable bonds is 6. The predicted molar refractivity (Wildman–Crippen MR) is 140 cm³/mol. The largest absolute Gasteiger partial charge is 0.339 e. The van der Waals surface area contributed by atoms with Gasteiger partial charge in [0.15, 0.2) is 0 Å². The average Bonchev–Trinajstić information content (AvgIpc) is 3.37. The molecule has 0 saturated carbocycles. The number of halogens is 1. The fourth-order valence-electron chi connectivity index (χ4n) is 5.47. The number of carbonyl (C=O) groups is 2. The van der Waals surface area contributed by atoms with E-state index >= 15 is 0 Å². The number of thiophene rings is 1. The van der Waals surface area contributed by atoms with E-state index in [-0.39, 0.29) is 36.1 Å². The first-order chi connectivity index (χ1) is 17.5. The lowest BCUT2D eigenvalue weighted by atomic mass is 9.93. The lowest BCUT2D eigenvalue weighted by Gasteiger charge is -2.41. The molecule has 188 valence electrons. The van der Waals surface area contributed by atoms with Crippen LogP contribution in [0.2, 0.25) is 0 Å². The van der Waals surface area contributed by atoms with Crippen molar-refractivity contribution < 1.29 is 14.0 Å². The van der Waals surface area contributed by atoms with Gasteiger partial charge in [0.25, 0.3) is 0 Å². The first-order valence-corrected chi connectivity index (χ1v) is 13.5. The summed E-state index contributed by atoms with van der Waals surface area (Å²) in [7, 11) is 0. The third-order valence-electron chi connectivity index (χ3n) is 7.36. The molecule has 0 bridgehead atoms. The van der Waals surface area contributed by atoms with E-state index in [1.807, 2.05) is 34.1 Å². The maximum Gasteiger partial charge on any atom is 0.227 e. The van der Waals surface area contributed by atoms with E-state index in [0.29, 0.717) is 32.6 Å². The van der Waals surface area contributed by atoms with E-state index in [2.05, 4.69) is 40.6 Å². The minimum absolute atomic E-state index is 0.0202. The van der Waals surface area contributed by atoms with E-state index in [0.717, 1.165) is 18.5 Å². The molecular formula is C29H32FN3O2S. The van der Waals surface area contributed by atoms with Crippen LogP contribution in [0.5, 0.6) is 0 Å². The van der Waals surface area contributed by atoms with Crippen molar-refractivity contribution in [1.82, 2.24) is 14.7 Å². The van der Waals surface area contributed by atoms with Crippen molar-refractivity contribution in [1.29, 1.82) is 0 Å². The highest BCUT2D eigenvalue weighted by Crippen LogP contribution is 2.37. The molecule has 0 radical (unpaired) electrons. The normalized spacial score (nSPS) is 20.3. The Balaban J connectivity index is 1.17. The van der Waals surface area contributed by atoms with Crippen molar-refractivity contribution in [2.45, 2.75) is 38.3 Å². The van der Waals surface area contributed by atoms with E-state index in [4.69, 9.17) is 0 Å². The molecule has 2 aliphatic rings. The van der Waals surface area contributed by atoms with Gasteiger partial charge in [-0.05, 0) is 53.6 Å². The molecule has 0 N–H and O–H groups in total. The Hall–Kier alpha value is -3.03. The van der Waals surface area contributed by atoms with Gasteiger partial charge in [-0.1, -0.05) is 42.5 Å². The molecule has 1 fully saturated rings. The van der Waals surface area contributed by atoms with Crippen LogP contribution in [0.1, 0.15) is 41.0 Å². The van der Waals surface area contributed by atoms with E-state index < -0.39 is 0 Å². The van der Waals surface area contributed by atoms with Crippen molar-refractivity contribution in [2.75, 3.05) is 32.7 Å². The Bertz CT molecular complexity index is 1200. The molecule has 5 rings (SSSR count). The van der Waals surface area contributed by atoms with Crippen LogP contribution in [0, 0.1) is 5.82 Å². The Morgan fingerprint density at radius 3 is 2.50 bits per heavy atom. The number of carbonyl (C=O) groups excluding carboxylic acids is 2. The van der Waals surface area contributed by atoms with Crippen LogP contribution < -0.4 is 0 Å². The van der Waals surface area contributed by atoms with Crippen molar-refractivity contribution in [3.63, 3.8) is 0 Å². The van der Waals surface area contributed by atoms with Crippen molar-refractivity contribution in [3.05, 3.63) is 93.4 Å². The standard InChI is InChI=1S/C29H32FN3O2S/c1-21-20-32(16-17-33(21)28(35)19-22-7-9-24(30)10-8-22)27(34)12-15-31-14-11-26-25(13-18-36-26)29(31)23-5-3-2-4-6-23/h2-10,13,18,21,29H,11-12,14-17,19-20H2,1H3/t21-,29-/m1/s1. The number of amides is 2. The van der Waals surface area contributed by atoms with Crippen LogP contribution in [0.4, 0.5) is 4.39 Å². The molecule has 3 heterocycles. The second-order valence-electron chi connectivity index (χ2n) is 9.73. The van der Waals surface area contributed by atoms with Gasteiger partial charge in [-0.2, -0.15) is 0 Å². The monoisotopic (exact) mass is 505 g/mol. The summed E-state index contributed by atoms with van der Waals surface area (Å²) in [4.78, 5) is 33.7. The van der Waals surface area contributed by atoms with Crippen LogP contribution in [0.25, 0.3) is 0 Å². The number of benzene rings is 2. The summed E-state index contributed by atoms with van der Waals surface area (Å²) >= 11 is 1.83. The molecule has 0 spiro atoms. The summed E-state index contributed by atoms with van der Waals surface area (Å²) in [6.07, 6.45) is 1.74. The molecule has 1 aromatic heterocycles. The van der Waals surface area contributed by atoms with Gasteiger partial charge in [0.2, 0.25) is 11.8 Å². The molecule has 2 aromatic carbocycles. The number of hydrogen-bond donors (Lipinski definition) is 0. The Kier molecular flexibility index (Phi) is 7.48. The van der Waals surface area contributed by atoms with Crippen molar-refractivity contribution >= 4 is 23.2 Å². The molecule has 2 amide bonds. The van der Waals surface area contributed by atoms with E-state index in [9.17, 15) is 14.0 Å². The molecule has 2 aliphatic heterocycles. The average molecular weight is 506 g/mol. The van der Waals surface area contributed by atoms with Crippen LogP contribution >= 0.6 is 11.3 Å². The lowest BCUT2D eigenvalue weighted by Crippen LogP contribution is -2.56. The SMILES string of the molecule is C[C@@H]1CN(C(=O)CCN2CCc3sccc3[C@H]2c2ccccc2)CCN1C(=O)Cc1ccc(F)cc1. The number of hydrogen-bond acceptors (Lipinski definition) is 4. The highest BCUT2D eigenvalue weighted by Gasteiger charge is 2.32. The summed E-state index contributed by atoms with van der Waals surface area (Å²) in [6, 6.07) is 19.0. The second-order valence-corrected chi connectivity index (χ2v) is 10.7. The zero-order valence-corrected chi connectivity index (χ0v) is 21.4. The summed E-state index contributed by atoms with van der Waals surface area (Å²) in [5.41, 5.74) is 3.44. The fraction of sp³-hybridized carbons (Fsp3) is 0.379. The minimum Gasteiger partial charge on any atom is -0.339 e. The second kappa shape index (κ2) is 10.9. The molecular weight excluding hydrogens is 473 g/mol. The Labute approximate surface area is 216 Å². The molecule has 3 aromatic rings. The van der Waals surface area contributed by atoms with Gasteiger partial charge in [-0.25, -0.2) is 4.39 Å². The number of nitrogens with zero attached hydrogens (tertiary/aromatic N) is 3. The molecule has 36 heavy (non-hydrogen) atoms. The quantitative estimate of drug-likeness (QED) is 0.495. The summed E-state index contributed by atoms with van der Waals surface area (Å²) in [5, 5.41) is 2.17. The topological polar surface area (TPSA) is 43.9 Å². The smallest absolute Gasteiger partial charge is 0.227 e. The molecule has 0 unspecified atom stereocenters. The van der Waals surface area contributed by atoms with Crippen molar-refractivity contribution in [2.24, 2.45) is 0 Å². The molecule has 1 saturated heterocycles. The lowest BCUT2D eigenvalue weighted by molar-refractivity contribution is -0.142. The number of fused-ring (bicyclic) bond motifs is 1. The van der Waals surface area contributed by atoms with Crippen LogP contribution in [-0.4, -0.2) is 65.3 Å². The Morgan fingerprint density at radius 2 is 1.75 bits per heavy atom. The van der Waals surface area contributed by atoms with Gasteiger partial charge in [-0.3, -0.25) is 14.5 Å². The fourth-order valence-corrected chi connectivity index (χ4v) is 6.37. The van der Waals surface area contributed by atoms with Gasteiger partial charge >= 0.3 is 0 Å². The van der Waals surface area contributed by atoms with Gasteiger partial charge in [0.1, 0.15) is 5.82 Å². The van der Waals surface area contributed by atoms with E-state index in [1.165, 1.54) is 28.1 Å². The van der Waals surface area contributed by atoms with Gasteiger partial charge in [0, 0.05) is 50.1 Å². The van der Waals surface area contributed by atoms with Crippen molar-refractivity contribution in [3.8, 4) is 0 Å². The Morgan fingerprint density at radius 1 is 0.972 bits per heavy atom. The highest BCUT2D eigenvalue weighted by atomic mass is 32.1. The maximum atomic E-state index is 13.2. The summed E-state index contributed by atoms with van der Waals surface area (Å²) < 4.78 is 13.2. The third-order valence-corrected chi connectivity index (χ3v) is 8.36. The first kappa shape index (κ1) is 24.7. The third kappa shape index (κ3) is 5.37. The summed E-state index contributed by atoms with van der Waals surface area (Å²) in [6.45, 7) is 5.28. The molecule has 5 nitrogen and oxygen atoms in total. The van der Waals surface area contributed by atoms with Gasteiger partial charge < -0.3 is 9.80 Å². The predicted octanol–water partition coefficient (Wildman–Crippen LogP) is 4.53. The van der Waals surface area contributed by atoms with E-state index in [1.54, 1.807) is 12.1 Å². The van der Waals surface area contributed by atoms with Crippen LogP contribution in [0.3, 0.4) is 0 Å². The molecule has 7 heteroatoms. The zero-order valence-electron chi connectivity index (χ0n) is 20.6. The maximum absolute atomic E-state index is 13.2. The minimum atomic E-state index is -0.304. The molecule has 2 atom stereocenters. The van der Waals surface area contributed by atoms with Crippen LogP contribution in [-0.2, 0) is 22.4 Å². The number of piperazine rings is 1.